The van der Waals surface area contributed by atoms with Gasteiger partial charge in [-0.3, -0.25) is 4.90 Å². The molecule has 3 rings (SSSR count). The zero-order valence-electron chi connectivity index (χ0n) is 12.6. The fourth-order valence-corrected chi connectivity index (χ4v) is 4.04. The number of nitrogens with zero attached hydrogens (tertiary/aromatic N) is 1. The maximum Gasteiger partial charge on any atom is 0.0281 e. The first-order valence-corrected chi connectivity index (χ1v) is 8.24. The summed E-state index contributed by atoms with van der Waals surface area (Å²) in [6.07, 6.45) is 15.7. The van der Waals surface area contributed by atoms with Gasteiger partial charge in [0.2, 0.25) is 0 Å². The Morgan fingerprint density at radius 1 is 1.06 bits per heavy atom. The van der Waals surface area contributed by atoms with Gasteiger partial charge in [0.25, 0.3) is 0 Å². The van der Waals surface area contributed by atoms with Crippen LogP contribution >= 0.6 is 0 Å². The van der Waals surface area contributed by atoms with Gasteiger partial charge in [-0.1, -0.05) is 57.6 Å². The third-order valence-electron chi connectivity index (χ3n) is 5.10. The highest BCUT2D eigenvalue weighted by Gasteiger charge is 2.33. The van der Waals surface area contributed by atoms with Gasteiger partial charge < -0.3 is 0 Å². The van der Waals surface area contributed by atoms with Gasteiger partial charge in [-0.15, -0.1) is 0 Å². The van der Waals surface area contributed by atoms with Gasteiger partial charge in [-0.2, -0.15) is 0 Å². The maximum absolute atomic E-state index is 2.61. The highest BCUT2D eigenvalue weighted by Crippen LogP contribution is 2.37. The molecule has 1 nitrogen and oxygen atoms in total. The van der Waals surface area contributed by atoms with Gasteiger partial charge in [0, 0.05) is 12.1 Å². The zero-order chi connectivity index (χ0) is 13.0. The van der Waals surface area contributed by atoms with E-state index in [1.165, 1.54) is 57.8 Å². The summed E-state index contributed by atoms with van der Waals surface area (Å²) in [5.74, 6) is 1.03. The maximum atomic E-state index is 2.61. The van der Waals surface area contributed by atoms with E-state index < -0.39 is 0 Å². The van der Waals surface area contributed by atoms with Crippen molar-refractivity contribution in [3.05, 3.63) is 11.6 Å². The van der Waals surface area contributed by atoms with Crippen LogP contribution in [-0.4, -0.2) is 24.0 Å². The predicted octanol–water partition coefficient (Wildman–Crippen LogP) is 4.78. The van der Waals surface area contributed by atoms with Crippen molar-refractivity contribution >= 4 is 0 Å². The number of hydrogen-bond donors (Lipinski definition) is 0. The zero-order valence-corrected chi connectivity index (χ0v) is 12.6. The summed E-state index contributed by atoms with van der Waals surface area (Å²) in [5.41, 5.74) is 1.80. The lowest BCUT2D eigenvalue weighted by atomic mass is 9.82. The summed E-state index contributed by atoms with van der Waals surface area (Å²) in [6, 6.07) is 1.67. The Morgan fingerprint density at radius 3 is 2.44 bits per heavy atom. The van der Waals surface area contributed by atoms with Gasteiger partial charge >= 0.3 is 0 Å². The molecule has 18 heavy (non-hydrogen) atoms. The normalized spacial score (nSPS) is 32.7. The first kappa shape index (κ1) is 14.1. The molecule has 104 valence electrons. The number of fused-ring (bicyclic) bond motifs is 2. The third kappa shape index (κ3) is 3.17. The molecule has 0 N–H and O–H groups in total. The van der Waals surface area contributed by atoms with E-state index in [9.17, 15) is 0 Å². The molecular weight excluding hydrogens is 218 g/mol. The molecule has 0 radical (unpaired) electrons. The minimum atomic E-state index is 0.789. The highest BCUT2D eigenvalue weighted by atomic mass is 15.2. The molecule has 3 aliphatic rings. The van der Waals surface area contributed by atoms with Crippen molar-refractivity contribution in [3.63, 3.8) is 0 Å². The van der Waals surface area contributed by atoms with Crippen molar-refractivity contribution < 1.29 is 0 Å². The smallest absolute Gasteiger partial charge is 0.0281 e. The molecule has 1 saturated heterocycles. The second kappa shape index (κ2) is 6.75. The lowest BCUT2D eigenvalue weighted by Gasteiger charge is -2.32. The largest absolute Gasteiger partial charge is 0.297 e. The summed E-state index contributed by atoms with van der Waals surface area (Å²) in [7, 11) is 2.32. The van der Waals surface area contributed by atoms with Crippen LogP contribution in [0.3, 0.4) is 0 Å². The molecular formula is C17H31N. The van der Waals surface area contributed by atoms with Crippen LogP contribution in [0.25, 0.3) is 0 Å². The van der Waals surface area contributed by atoms with Gasteiger partial charge in [-0.05, 0) is 38.6 Å². The average molecular weight is 249 g/mol. The molecule has 2 fully saturated rings. The molecule has 0 aromatic rings. The lowest BCUT2D eigenvalue weighted by molar-refractivity contribution is 0.246. The van der Waals surface area contributed by atoms with E-state index in [0.29, 0.717) is 0 Å². The first-order valence-electron chi connectivity index (χ1n) is 8.24. The van der Waals surface area contributed by atoms with Crippen molar-refractivity contribution in [1.82, 2.24) is 4.90 Å². The van der Waals surface area contributed by atoms with Crippen LogP contribution in [0.4, 0.5) is 0 Å². The summed E-state index contributed by atoms with van der Waals surface area (Å²) < 4.78 is 0. The number of hydrogen-bond acceptors (Lipinski definition) is 1. The summed E-state index contributed by atoms with van der Waals surface area (Å²) in [6.45, 7) is 4.00. The van der Waals surface area contributed by atoms with E-state index >= 15 is 0 Å². The lowest BCUT2D eigenvalue weighted by Crippen LogP contribution is -2.35. The second-order valence-corrected chi connectivity index (χ2v) is 6.20. The van der Waals surface area contributed by atoms with Crippen LogP contribution in [-0.2, 0) is 0 Å². The minimum Gasteiger partial charge on any atom is -0.297 e. The number of likely N-dealkylation sites (N-methyl/N-ethyl adjacent to an activating group) is 1. The van der Waals surface area contributed by atoms with Crippen molar-refractivity contribution in [1.29, 1.82) is 0 Å². The Balaban J connectivity index is 0.000000574. The molecule has 0 spiro atoms. The van der Waals surface area contributed by atoms with Crippen LogP contribution < -0.4 is 0 Å². The Morgan fingerprint density at radius 2 is 1.78 bits per heavy atom. The van der Waals surface area contributed by atoms with Gasteiger partial charge in [0.15, 0.2) is 0 Å². The van der Waals surface area contributed by atoms with Gasteiger partial charge in [0.1, 0.15) is 0 Å². The van der Waals surface area contributed by atoms with E-state index in [1.807, 2.05) is 13.8 Å². The van der Waals surface area contributed by atoms with Gasteiger partial charge in [-0.25, -0.2) is 0 Å². The first-order chi connectivity index (χ1) is 8.83. The van der Waals surface area contributed by atoms with Crippen LogP contribution in [0.5, 0.6) is 0 Å². The van der Waals surface area contributed by atoms with Crippen molar-refractivity contribution in [2.24, 2.45) is 5.92 Å². The molecule has 0 amide bonds. The van der Waals surface area contributed by atoms with Crippen molar-refractivity contribution in [3.8, 4) is 0 Å². The Kier molecular flexibility index (Phi) is 5.29. The Hall–Kier alpha value is -0.300. The molecule has 1 heteroatoms. The van der Waals surface area contributed by atoms with Crippen molar-refractivity contribution in [2.45, 2.75) is 83.7 Å². The summed E-state index contributed by atoms with van der Waals surface area (Å²) in [5, 5.41) is 0. The van der Waals surface area contributed by atoms with Crippen LogP contribution in [0.1, 0.15) is 71.6 Å². The fourth-order valence-electron chi connectivity index (χ4n) is 4.04. The second-order valence-electron chi connectivity index (χ2n) is 6.20. The molecule has 1 saturated carbocycles. The highest BCUT2D eigenvalue weighted by molar-refractivity contribution is 5.17. The Labute approximate surface area is 114 Å². The van der Waals surface area contributed by atoms with Crippen LogP contribution in [0.2, 0.25) is 0 Å². The van der Waals surface area contributed by atoms with E-state index in [1.54, 1.807) is 5.57 Å². The molecule has 2 bridgehead atoms. The Bertz CT molecular complexity index is 275. The minimum absolute atomic E-state index is 0.789. The van der Waals surface area contributed by atoms with Crippen molar-refractivity contribution in [2.75, 3.05) is 7.05 Å². The summed E-state index contributed by atoms with van der Waals surface area (Å²) in [4.78, 5) is 2.60. The van der Waals surface area contributed by atoms with E-state index in [-0.39, 0.29) is 0 Å². The molecule has 0 aromatic carbocycles. The molecule has 0 aromatic heterocycles. The van der Waals surface area contributed by atoms with E-state index in [2.05, 4.69) is 18.0 Å². The predicted molar refractivity (Wildman–Crippen MR) is 79.8 cm³/mol. The van der Waals surface area contributed by atoms with E-state index in [0.717, 1.165) is 18.0 Å². The monoisotopic (exact) mass is 249 g/mol. The van der Waals surface area contributed by atoms with Crippen LogP contribution in [0.15, 0.2) is 11.6 Å². The SMILES string of the molecule is CC.CN1C2C=C(CC3CCCCC3)CC1CC2. The molecule has 2 atom stereocenters. The summed E-state index contributed by atoms with van der Waals surface area (Å²) >= 11 is 0. The molecule has 2 aliphatic heterocycles. The molecule has 1 aliphatic carbocycles. The fraction of sp³-hybridized carbons (Fsp3) is 0.882. The number of rotatable bonds is 2. The van der Waals surface area contributed by atoms with E-state index in [4.69, 9.17) is 0 Å². The standard InChI is InChI=1S/C15H25N.C2H6/c1-16-14-7-8-15(16)11-13(10-14)9-12-5-3-2-4-6-12;1-2/h10,12,14-15H,2-9,11H2,1H3;1-2H3. The molecule has 2 heterocycles. The average Bonchev–Trinajstić information content (AvgIpc) is 2.65. The van der Waals surface area contributed by atoms with Gasteiger partial charge in [0.05, 0.1) is 0 Å². The quantitative estimate of drug-likeness (QED) is 0.637. The van der Waals surface area contributed by atoms with Crippen LogP contribution in [0, 0.1) is 5.92 Å². The topological polar surface area (TPSA) is 3.24 Å². The molecule has 2 unspecified atom stereocenters. The third-order valence-corrected chi connectivity index (χ3v) is 5.10.